The summed E-state index contributed by atoms with van der Waals surface area (Å²) in [4.78, 5) is 32.7. The first kappa shape index (κ1) is 25.9. The monoisotopic (exact) mass is 521 g/mol. The topological polar surface area (TPSA) is 89.0 Å². The average Bonchev–Trinajstić information content (AvgIpc) is 3.10. The molecule has 0 aliphatic carbocycles. The van der Waals surface area contributed by atoms with Crippen LogP contribution in [0.5, 0.6) is 5.75 Å². The second-order valence-electron chi connectivity index (χ2n) is 8.56. The van der Waals surface area contributed by atoms with E-state index in [9.17, 15) is 19.1 Å². The van der Waals surface area contributed by atoms with Gasteiger partial charge in [0, 0.05) is 69.6 Å². The summed E-state index contributed by atoms with van der Waals surface area (Å²) >= 11 is 6.44. The summed E-state index contributed by atoms with van der Waals surface area (Å²) in [5.41, 5.74) is 1.75. The van der Waals surface area contributed by atoms with Crippen LogP contribution in [-0.4, -0.2) is 61.0 Å². The molecule has 2 N–H and O–H groups in total. The van der Waals surface area contributed by atoms with Crippen LogP contribution < -0.4 is 15.1 Å². The quantitative estimate of drug-likeness (QED) is 0.302. The number of halogens is 2. The minimum Gasteiger partial charge on any atom is -0.507 e. The lowest BCUT2D eigenvalue weighted by Crippen LogP contribution is -2.32. The van der Waals surface area contributed by atoms with Crippen molar-refractivity contribution >= 4 is 35.4 Å². The van der Waals surface area contributed by atoms with Gasteiger partial charge in [0.15, 0.2) is 0 Å². The maximum Gasteiger partial charge on any atom is 0.229 e. The lowest BCUT2D eigenvalue weighted by atomic mass is 9.97. The van der Waals surface area contributed by atoms with Crippen molar-refractivity contribution in [3.63, 3.8) is 0 Å². The lowest BCUT2D eigenvalue weighted by Gasteiger charge is -2.20. The van der Waals surface area contributed by atoms with Gasteiger partial charge in [-0.05, 0) is 47.5 Å². The van der Waals surface area contributed by atoms with Crippen molar-refractivity contribution < 1.29 is 19.1 Å². The summed E-state index contributed by atoms with van der Waals surface area (Å²) in [5, 5.41) is 14.5. The van der Waals surface area contributed by atoms with Gasteiger partial charge in [-0.3, -0.25) is 14.5 Å². The fourth-order valence-corrected chi connectivity index (χ4v) is 4.22. The number of nitrogens with zero attached hydrogens (tertiary/aromatic N) is 4. The number of carbonyl (C=O) groups is 2. The van der Waals surface area contributed by atoms with Crippen molar-refractivity contribution in [2.24, 2.45) is 0 Å². The Morgan fingerprint density at radius 2 is 1.84 bits per heavy atom. The minimum absolute atomic E-state index is 0.0619. The highest BCUT2D eigenvalue weighted by atomic mass is 35.5. The first-order chi connectivity index (χ1) is 17.8. The van der Waals surface area contributed by atoms with Crippen molar-refractivity contribution in [2.45, 2.75) is 6.42 Å². The molecule has 0 saturated carbocycles. The van der Waals surface area contributed by atoms with E-state index in [4.69, 9.17) is 11.6 Å². The van der Waals surface area contributed by atoms with Gasteiger partial charge in [0.25, 0.3) is 0 Å². The van der Waals surface area contributed by atoms with Crippen molar-refractivity contribution in [3.05, 3.63) is 59.5 Å². The van der Waals surface area contributed by atoms with Gasteiger partial charge in [0.2, 0.25) is 12.3 Å². The van der Waals surface area contributed by atoms with Crippen LogP contribution in [0, 0.1) is 17.9 Å². The molecule has 37 heavy (non-hydrogen) atoms. The van der Waals surface area contributed by atoms with E-state index in [0.29, 0.717) is 55.1 Å². The van der Waals surface area contributed by atoms with Crippen LogP contribution in [0.25, 0.3) is 22.3 Å². The molecule has 0 spiro atoms. The fraction of sp³-hybridized carbons (Fsp3) is 0.222. The minimum atomic E-state index is -0.567. The lowest BCUT2D eigenvalue weighted by molar-refractivity contribution is -0.118. The Labute approximate surface area is 219 Å². The molecule has 0 radical (unpaired) electrons. The molecule has 0 unspecified atom stereocenters. The van der Waals surface area contributed by atoms with E-state index in [1.807, 2.05) is 0 Å². The first-order valence-corrected chi connectivity index (χ1v) is 11.9. The normalized spacial score (nSPS) is 13.4. The number of aromatic hydroxyl groups is 1. The van der Waals surface area contributed by atoms with Crippen LogP contribution in [0.3, 0.4) is 0 Å². The molecule has 1 fully saturated rings. The van der Waals surface area contributed by atoms with Crippen LogP contribution in [0.1, 0.15) is 6.42 Å². The van der Waals surface area contributed by atoms with Gasteiger partial charge in [-0.1, -0.05) is 17.7 Å². The van der Waals surface area contributed by atoms with Crippen LogP contribution in [-0.2, 0) is 9.59 Å². The molecule has 8 nitrogen and oxygen atoms in total. The largest absolute Gasteiger partial charge is 0.507 e. The average molecular weight is 522 g/mol. The molecular formula is C27H25ClFN5O3. The highest BCUT2D eigenvalue weighted by Crippen LogP contribution is 2.41. The van der Waals surface area contributed by atoms with E-state index in [0.717, 1.165) is 4.90 Å². The zero-order valence-corrected chi connectivity index (χ0v) is 21.1. The third-order valence-corrected chi connectivity index (χ3v) is 6.06. The summed E-state index contributed by atoms with van der Waals surface area (Å²) in [5.74, 6) is -0.363. The van der Waals surface area contributed by atoms with Crippen molar-refractivity contribution in [1.82, 2.24) is 15.2 Å². The summed E-state index contributed by atoms with van der Waals surface area (Å²) in [7, 11) is 3.47. The van der Waals surface area contributed by atoms with Crippen LogP contribution in [0.4, 0.5) is 15.9 Å². The van der Waals surface area contributed by atoms with E-state index in [-0.39, 0.29) is 27.8 Å². The molecule has 1 aromatic heterocycles. The maximum absolute atomic E-state index is 14.8. The number of amides is 2. The SMILES string of the molecule is CN(C)C#CN(C=O)c1ccc(-c2cc(F)cc(-c3ccnc(N4CCNCCC4=O)c3)c2O)cc1Cl. The van der Waals surface area contributed by atoms with Gasteiger partial charge in [0.05, 0.1) is 10.7 Å². The number of benzene rings is 2. The van der Waals surface area contributed by atoms with Crippen LogP contribution in [0.2, 0.25) is 5.02 Å². The number of hydrogen-bond donors (Lipinski definition) is 2. The van der Waals surface area contributed by atoms with E-state index < -0.39 is 5.82 Å². The van der Waals surface area contributed by atoms with Gasteiger partial charge < -0.3 is 15.3 Å². The van der Waals surface area contributed by atoms with E-state index in [1.54, 1.807) is 48.2 Å². The predicted octanol–water partition coefficient (Wildman–Crippen LogP) is 3.68. The number of hydrogen-bond acceptors (Lipinski definition) is 6. The highest BCUT2D eigenvalue weighted by molar-refractivity contribution is 6.34. The Morgan fingerprint density at radius 1 is 1.11 bits per heavy atom. The zero-order valence-electron chi connectivity index (χ0n) is 20.3. The van der Waals surface area contributed by atoms with Gasteiger partial charge >= 0.3 is 0 Å². The molecule has 1 aliphatic rings. The fourth-order valence-electron chi connectivity index (χ4n) is 3.95. The van der Waals surface area contributed by atoms with E-state index in [2.05, 4.69) is 22.4 Å². The van der Waals surface area contributed by atoms with Crippen molar-refractivity contribution in [3.8, 4) is 40.1 Å². The number of pyridine rings is 1. The van der Waals surface area contributed by atoms with Gasteiger partial charge in [-0.25, -0.2) is 14.3 Å². The Kier molecular flexibility index (Phi) is 7.92. The number of carbonyl (C=O) groups excluding carboxylic acids is 2. The van der Waals surface area contributed by atoms with Crippen LogP contribution in [0.15, 0.2) is 48.7 Å². The number of rotatable bonds is 5. The zero-order chi connectivity index (χ0) is 26.5. The van der Waals surface area contributed by atoms with Gasteiger partial charge in [-0.2, -0.15) is 0 Å². The molecule has 2 amide bonds. The molecule has 1 saturated heterocycles. The van der Waals surface area contributed by atoms with Gasteiger partial charge in [0.1, 0.15) is 17.4 Å². The third kappa shape index (κ3) is 5.82. The third-order valence-electron chi connectivity index (χ3n) is 5.75. The number of phenols is 1. The van der Waals surface area contributed by atoms with Gasteiger partial charge in [-0.15, -0.1) is 0 Å². The maximum atomic E-state index is 14.8. The predicted molar refractivity (Wildman–Crippen MR) is 142 cm³/mol. The number of aromatic nitrogens is 1. The molecular weight excluding hydrogens is 497 g/mol. The molecule has 190 valence electrons. The van der Waals surface area contributed by atoms with E-state index >= 15 is 0 Å². The smallest absolute Gasteiger partial charge is 0.229 e. The van der Waals surface area contributed by atoms with Crippen molar-refractivity contribution in [2.75, 3.05) is 43.5 Å². The number of anilines is 2. The highest BCUT2D eigenvalue weighted by Gasteiger charge is 2.21. The molecule has 1 aliphatic heterocycles. The summed E-state index contributed by atoms with van der Waals surface area (Å²) in [6, 6.07) is 15.9. The van der Waals surface area contributed by atoms with E-state index in [1.165, 1.54) is 24.4 Å². The second-order valence-corrected chi connectivity index (χ2v) is 8.96. The summed E-state index contributed by atoms with van der Waals surface area (Å²) in [6.45, 7) is 1.68. The molecule has 0 atom stereocenters. The van der Waals surface area contributed by atoms with Crippen molar-refractivity contribution in [1.29, 1.82) is 0 Å². The molecule has 10 heteroatoms. The summed E-state index contributed by atoms with van der Waals surface area (Å²) < 4.78 is 14.8. The molecule has 2 heterocycles. The molecule has 4 rings (SSSR count). The van der Waals surface area contributed by atoms with Crippen LogP contribution >= 0.6 is 11.6 Å². The second kappa shape index (κ2) is 11.3. The molecule has 0 bridgehead atoms. The molecule has 2 aromatic carbocycles. The summed E-state index contributed by atoms with van der Waals surface area (Å²) in [6.07, 6.45) is 2.41. The Morgan fingerprint density at radius 3 is 2.51 bits per heavy atom. The first-order valence-electron chi connectivity index (χ1n) is 11.5. The molecule has 3 aromatic rings. The standard InChI is InChI=1S/C27H25ClFN5O3/c1-32(2)11-12-33(17-35)24-4-3-18(13-23(24)28)21-15-20(29)16-22(27(21)37)19-5-8-31-25(14-19)34-10-9-30-7-6-26(34)36/h3-5,8,13-17,30,37H,6-7,9-10H2,1-2H3. The Hall–Kier alpha value is -4.13. The Balaban J connectivity index is 1.73. The number of nitrogens with one attached hydrogen (secondary N) is 1. The Bertz CT molecular complexity index is 1400. The number of phenolic OH excluding ortho intramolecular Hbond substituents is 1.